The van der Waals surface area contributed by atoms with Crippen LogP contribution >= 0.6 is 0 Å². The summed E-state index contributed by atoms with van der Waals surface area (Å²) in [4.78, 5) is 16.4. The first-order chi connectivity index (χ1) is 18.2. The van der Waals surface area contributed by atoms with Crippen LogP contribution in [0.3, 0.4) is 0 Å². The molecular formula is C28H29NO9. The molecule has 10 heteroatoms. The quantitative estimate of drug-likeness (QED) is 0.150. The van der Waals surface area contributed by atoms with E-state index >= 15 is 0 Å². The monoisotopic (exact) mass is 523 g/mol. The number of carbonyl (C=O) groups is 1. The van der Waals surface area contributed by atoms with Gasteiger partial charge in [0.25, 0.3) is 0 Å². The lowest BCUT2D eigenvalue weighted by Gasteiger charge is -2.42. The minimum atomic E-state index is -2.70. The lowest BCUT2D eigenvalue weighted by atomic mass is 9.80. The molecule has 0 bridgehead atoms. The summed E-state index contributed by atoms with van der Waals surface area (Å²) in [7, 11) is 0. The standard InChI is InChI=1S/C28H29NO9/c30-12-17-6-3-9-27(17,35)28(36)25(33)22(32)24(38-28)26(34)37-23-20(13-31)29-19-8-7-16-10-14-4-1-2-5-15(14)11-18(16)21(19)23/h1-2,4-5,7-8,10-11,17,22,24-25,29-33,35-36H,3,6,9,12-13H2. The maximum atomic E-state index is 13.3. The number of nitrogens with one attached hydrogen (secondary N) is 1. The Morgan fingerprint density at radius 3 is 2.50 bits per heavy atom. The van der Waals surface area contributed by atoms with E-state index in [2.05, 4.69) is 4.98 Å². The summed E-state index contributed by atoms with van der Waals surface area (Å²) in [6.45, 7) is -0.956. The highest BCUT2D eigenvalue weighted by atomic mass is 16.7. The molecule has 2 heterocycles. The summed E-state index contributed by atoms with van der Waals surface area (Å²) < 4.78 is 11.2. The van der Waals surface area contributed by atoms with Gasteiger partial charge in [-0.15, -0.1) is 0 Å². The normalized spacial score (nSPS) is 31.5. The second-order valence-electron chi connectivity index (χ2n) is 10.3. The van der Waals surface area contributed by atoms with Gasteiger partial charge in [0.2, 0.25) is 5.79 Å². The maximum absolute atomic E-state index is 13.3. The predicted octanol–water partition coefficient (Wildman–Crippen LogP) is 1.20. The van der Waals surface area contributed by atoms with Crippen molar-refractivity contribution in [1.82, 2.24) is 4.98 Å². The summed E-state index contributed by atoms with van der Waals surface area (Å²) >= 11 is 0. The second-order valence-corrected chi connectivity index (χ2v) is 10.3. The number of ether oxygens (including phenoxy) is 2. The van der Waals surface area contributed by atoms with Crippen LogP contribution in [0.4, 0.5) is 0 Å². The molecule has 7 N–H and O–H groups in total. The van der Waals surface area contributed by atoms with E-state index in [0.717, 1.165) is 21.5 Å². The highest BCUT2D eigenvalue weighted by Gasteiger charge is 2.68. The Bertz CT molecular complexity index is 1550. The van der Waals surface area contributed by atoms with Crippen molar-refractivity contribution in [3.8, 4) is 5.75 Å². The first-order valence-electron chi connectivity index (χ1n) is 12.6. The predicted molar refractivity (Wildman–Crippen MR) is 136 cm³/mol. The summed E-state index contributed by atoms with van der Waals surface area (Å²) in [6.07, 6.45) is -4.98. The molecule has 0 radical (unpaired) electrons. The fourth-order valence-corrected chi connectivity index (χ4v) is 6.17. The van der Waals surface area contributed by atoms with E-state index in [1.807, 2.05) is 42.5 Å². The van der Waals surface area contributed by atoms with Crippen molar-refractivity contribution in [2.45, 2.75) is 55.6 Å². The van der Waals surface area contributed by atoms with Gasteiger partial charge in [0.15, 0.2) is 11.9 Å². The van der Waals surface area contributed by atoms with Crippen LogP contribution in [0.1, 0.15) is 25.0 Å². The lowest BCUT2D eigenvalue weighted by molar-refractivity contribution is -0.325. The van der Waals surface area contributed by atoms with Crippen LogP contribution in [0.25, 0.3) is 32.4 Å². The SMILES string of the molecule is O=C(Oc1c(CO)[nH]c2ccc3cc4ccccc4cc3c12)C1OC(O)(C2(O)CCCC2CO)C(O)C1O. The summed E-state index contributed by atoms with van der Waals surface area (Å²) in [6, 6.07) is 15.5. The van der Waals surface area contributed by atoms with Crippen LogP contribution in [0.2, 0.25) is 0 Å². The number of hydrogen-bond donors (Lipinski definition) is 7. The Morgan fingerprint density at radius 2 is 1.79 bits per heavy atom. The fourth-order valence-electron chi connectivity index (χ4n) is 6.17. The average molecular weight is 524 g/mol. The molecule has 6 unspecified atom stereocenters. The topological polar surface area (TPSA) is 173 Å². The minimum Gasteiger partial charge on any atom is -0.422 e. The number of H-pyrrole nitrogens is 1. The van der Waals surface area contributed by atoms with Gasteiger partial charge in [-0.25, -0.2) is 4.79 Å². The number of carbonyl (C=O) groups excluding carboxylic acids is 1. The van der Waals surface area contributed by atoms with E-state index in [1.165, 1.54) is 0 Å². The van der Waals surface area contributed by atoms with Crippen LogP contribution < -0.4 is 4.74 Å². The van der Waals surface area contributed by atoms with Gasteiger partial charge in [0, 0.05) is 12.5 Å². The van der Waals surface area contributed by atoms with Crippen molar-refractivity contribution in [3.05, 3.63) is 54.2 Å². The number of aliphatic hydroxyl groups is 6. The van der Waals surface area contributed by atoms with Crippen molar-refractivity contribution in [2.75, 3.05) is 6.61 Å². The van der Waals surface area contributed by atoms with Crippen LogP contribution in [-0.2, 0) is 16.1 Å². The Hall–Kier alpha value is -3.09. The van der Waals surface area contributed by atoms with Crippen molar-refractivity contribution in [1.29, 1.82) is 0 Å². The molecule has 0 spiro atoms. The number of benzene rings is 3. The Morgan fingerprint density at radius 1 is 1.05 bits per heavy atom. The number of rotatable bonds is 5. The van der Waals surface area contributed by atoms with Crippen LogP contribution in [0.15, 0.2) is 48.5 Å². The minimum absolute atomic E-state index is 0.00265. The summed E-state index contributed by atoms with van der Waals surface area (Å²) in [5, 5.41) is 67.6. The molecule has 6 rings (SSSR count). The van der Waals surface area contributed by atoms with Crippen molar-refractivity contribution in [2.24, 2.45) is 5.92 Å². The lowest BCUT2D eigenvalue weighted by Crippen LogP contribution is -2.63. The molecule has 1 saturated heterocycles. The van der Waals surface area contributed by atoms with Gasteiger partial charge >= 0.3 is 5.97 Å². The third-order valence-corrected chi connectivity index (χ3v) is 8.23. The highest BCUT2D eigenvalue weighted by molar-refractivity contribution is 6.14. The molecule has 1 aromatic heterocycles. The first-order valence-corrected chi connectivity index (χ1v) is 12.6. The third-order valence-electron chi connectivity index (χ3n) is 8.23. The molecule has 0 amide bonds. The molecule has 2 aliphatic rings. The van der Waals surface area contributed by atoms with Gasteiger partial charge < -0.3 is 45.1 Å². The van der Waals surface area contributed by atoms with Crippen molar-refractivity contribution < 1.29 is 44.9 Å². The zero-order valence-corrected chi connectivity index (χ0v) is 20.4. The number of aromatic nitrogens is 1. The summed E-state index contributed by atoms with van der Waals surface area (Å²) in [5.74, 6) is -4.61. The molecular weight excluding hydrogens is 494 g/mol. The van der Waals surface area contributed by atoms with E-state index < -0.39 is 54.8 Å². The fraction of sp³-hybridized carbons (Fsp3) is 0.393. The van der Waals surface area contributed by atoms with Gasteiger partial charge in [-0.3, -0.25) is 0 Å². The molecule has 10 nitrogen and oxygen atoms in total. The van der Waals surface area contributed by atoms with Gasteiger partial charge in [0.05, 0.1) is 23.2 Å². The molecule has 1 saturated carbocycles. The van der Waals surface area contributed by atoms with E-state index in [9.17, 15) is 35.4 Å². The van der Waals surface area contributed by atoms with E-state index in [4.69, 9.17) is 9.47 Å². The van der Waals surface area contributed by atoms with Gasteiger partial charge in [-0.05, 0) is 59.0 Å². The smallest absolute Gasteiger partial charge is 0.343 e. The van der Waals surface area contributed by atoms with Gasteiger partial charge in [-0.1, -0.05) is 30.3 Å². The van der Waals surface area contributed by atoms with Crippen molar-refractivity contribution in [3.63, 3.8) is 0 Å². The Labute approximate surface area is 216 Å². The molecule has 1 aliphatic heterocycles. The zero-order chi connectivity index (χ0) is 26.8. The van der Waals surface area contributed by atoms with E-state index in [0.29, 0.717) is 23.7 Å². The zero-order valence-electron chi connectivity index (χ0n) is 20.4. The highest BCUT2D eigenvalue weighted by Crippen LogP contribution is 2.49. The molecule has 3 aromatic carbocycles. The molecule has 38 heavy (non-hydrogen) atoms. The van der Waals surface area contributed by atoms with Gasteiger partial charge in [0.1, 0.15) is 17.8 Å². The van der Waals surface area contributed by atoms with E-state index in [-0.39, 0.29) is 17.9 Å². The van der Waals surface area contributed by atoms with Crippen LogP contribution in [0.5, 0.6) is 5.75 Å². The van der Waals surface area contributed by atoms with Gasteiger partial charge in [-0.2, -0.15) is 0 Å². The van der Waals surface area contributed by atoms with Crippen molar-refractivity contribution >= 4 is 38.4 Å². The molecule has 200 valence electrons. The average Bonchev–Trinajstić information content (AvgIpc) is 3.56. The van der Waals surface area contributed by atoms with E-state index in [1.54, 1.807) is 6.07 Å². The Kier molecular flexibility index (Phi) is 5.96. The number of esters is 1. The summed E-state index contributed by atoms with van der Waals surface area (Å²) in [5.41, 5.74) is -1.26. The second kappa shape index (κ2) is 8.99. The Balaban J connectivity index is 1.39. The maximum Gasteiger partial charge on any atom is 0.343 e. The number of aromatic amines is 1. The third kappa shape index (κ3) is 3.50. The largest absolute Gasteiger partial charge is 0.422 e. The molecule has 6 atom stereocenters. The molecule has 4 aromatic rings. The van der Waals surface area contributed by atoms with Crippen LogP contribution in [0, 0.1) is 5.92 Å². The number of fused-ring (bicyclic) bond motifs is 4. The number of hydrogen-bond acceptors (Lipinski definition) is 9. The number of aliphatic hydroxyl groups excluding tert-OH is 4. The molecule has 1 aliphatic carbocycles. The molecule has 2 fully saturated rings. The van der Waals surface area contributed by atoms with Crippen LogP contribution in [-0.4, -0.2) is 77.9 Å². The first kappa shape index (κ1) is 25.2.